The molecule has 0 aliphatic carbocycles. The van der Waals surface area contributed by atoms with Gasteiger partial charge < -0.3 is 0 Å². The van der Waals surface area contributed by atoms with E-state index in [0.29, 0.717) is 10.6 Å². The van der Waals surface area contributed by atoms with Crippen LogP contribution in [0.25, 0.3) is 0 Å². The van der Waals surface area contributed by atoms with E-state index in [1.54, 1.807) is 4.90 Å². The summed E-state index contributed by atoms with van der Waals surface area (Å²) < 4.78 is 4.52. The van der Waals surface area contributed by atoms with Gasteiger partial charge in [-0.3, -0.25) is 0 Å². The van der Waals surface area contributed by atoms with Crippen molar-refractivity contribution in [2.45, 2.75) is 83.1 Å². The molecule has 1 aliphatic heterocycles. The Labute approximate surface area is 141 Å². The molecule has 3 nitrogen and oxygen atoms in total. The molecule has 22 heavy (non-hydrogen) atoms. The van der Waals surface area contributed by atoms with Gasteiger partial charge in [0, 0.05) is 0 Å². The molecule has 1 aliphatic rings. The van der Waals surface area contributed by atoms with Gasteiger partial charge in [0.1, 0.15) is 0 Å². The van der Waals surface area contributed by atoms with Crippen LogP contribution in [0.4, 0.5) is 4.79 Å². The Morgan fingerprint density at radius 2 is 1.55 bits per heavy atom. The molecule has 0 saturated carbocycles. The zero-order valence-electron chi connectivity index (χ0n) is 14.8. The first-order valence-electron chi connectivity index (χ1n) is 9.25. The van der Waals surface area contributed by atoms with E-state index in [0.717, 1.165) is 6.42 Å². The van der Waals surface area contributed by atoms with E-state index in [1.807, 2.05) is 6.08 Å². The molecule has 1 unspecified atom stereocenters. The first-order chi connectivity index (χ1) is 10.6. The number of unbranched alkanes of at least 4 members (excludes halogenated alkanes) is 3. The Morgan fingerprint density at radius 1 is 1.05 bits per heavy atom. The van der Waals surface area contributed by atoms with Gasteiger partial charge in [0.15, 0.2) is 0 Å². The van der Waals surface area contributed by atoms with E-state index in [9.17, 15) is 9.90 Å². The molecule has 0 radical (unpaired) electrons. The third-order valence-electron chi connectivity index (χ3n) is 5.24. The quantitative estimate of drug-likeness (QED) is 0.368. The molecule has 0 spiro atoms. The first-order valence-corrected chi connectivity index (χ1v) is 17.0. The molecule has 1 N–H and O–H groups in total. The summed E-state index contributed by atoms with van der Waals surface area (Å²) in [5.74, 6) is 0. The summed E-state index contributed by atoms with van der Waals surface area (Å²) in [5.41, 5.74) is 0. The van der Waals surface area contributed by atoms with E-state index in [-0.39, 0.29) is 0 Å². The molecule has 0 bridgehead atoms. The van der Waals surface area contributed by atoms with E-state index < -0.39 is 24.5 Å². The van der Waals surface area contributed by atoms with Crippen LogP contribution < -0.4 is 0 Å². The SMILES string of the molecule is CCC[CH2][Sn]([CH2]CCC)([CH2]CCC)[CH]1CC=CCN1C(=O)O. The fourth-order valence-corrected chi connectivity index (χ4v) is 22.3. The van der Waals surface area contributed by atoms with Gasteiger partial charge in [0.25, 0.3) is 0 Å². The van der Waals surface area contributed by atoms with Gasteiger partial charge in [0.05, 0.1) is 0 Å². The number of nitrogens with zero attached hydrogens (tertiary/aromatic N) is 1. The summed E-state index contributed by atoms with van der Waals surface area (Å²) in [6.45, 7) is 7.42. The van der Waals surface area contributed by atoms with Crippen molar-refractivity contribution in [2.75, 3.05) is 6.54 Å². The van der Waals surface area contributed by atoms with Gasteiger partial charge in [-0.15, -0.1) is 0 Å². The van der Waals surface area contributed by atoms with Crippen LogP contribution >= 0.6 is 0 Å². The number of carbonyl (C=O) groups is 1. The van der Waals surface area contributed by atoms with E-state index in [1.165, 1.54) is 51.8 Å². The normalized spacial score (nSPS) is 18.7. The maximum atomic E-state index is 11.8. The van der Waals surface area contributed by atoms with Crippen molar-refractivity contribution in [2.24, 2.45) is 0 Å². The number of rotatable bonds is 10. The van der Waals surface area contributed by atoms with Crippen molar-refractivity contribution < 1.29 is 9.90 Å². The number of carboxylic acid groups (broad SMARTS) is 1. The van der Waals surface area contributed by atoms with E-state index in [4.69, 9.17) is 0 Å². The molecule has 0 fully saturated rings. The van der Waals surface area contributed by atoms with Gasteiger partial charge in [-0.1, -0.05) is 0 Å². The topological polar surface area (TPSA) is 40.5 Å². The standard InChI is InChI=1S/C6H8NO2.3C4H9.Sn/c8-6(9)7-4-2-1-3-5-7;3*1-3-4-2;/h1-2,5H,3-4H2,(H,8,9);3*1,3-4H2,2H3;. The second-order valence-corrected chi connectivity index (χ2v) is 20.8. The molecule has 0 aromatic carbocycles. The van der Waals surface area contributed by atoms with Gasteiger partial charge in [-0.25, -0.2) is 0 Å². The zero-order valence-corrected chi connectivity index (χ0v) is 17.7. The number of hydrogen-bond acceptors (Lipinski definition) is 1. The van der Waals surface area contributed by atoms with Crippen molar-refractivity contribution in [3.05, 3.63) is 12.2 Å². The fraction of sp³-hybridized carbons (Fsp3) is 0.833. The molecule has 0 aromatic heterocycles. The molecular formula is C18H35NO2Sn. The molecule has 0 saturated heterocycles. The Kier molecular flexibility index (Phi) is 9.53. The average Bonchev–Trinajstić information content (AvgIpc) is 2.54. The van der Waals surface area contributed by atoms with Crippen LogP contribution in [0.1, 0.15) is 65.7 Å². The van der Waals surface area contributed by atoms with Crippen LogP contribution in [0.3, 0.4) is 0 Å². The van der Waals surface area contributed by atoms with Crippen LogP contribution in [0.15, 0.2) is 12.2 Å². The second kappa shape index (κ2) is 10.6. The third kappa shape index (κ3) is 5.47. The summed E-state index contributed by atoms with van der Waals surface area (Å²) in [7, 11) is 0. The van der Waals surface area contributed by atoms with Gasteiger partial charge >= 0.3 is 141 Å². The van der Waals surface area contributed by atoms with E-state index in [2.05, 4.69) is 26.8 Å². The van der Waals surface area contributed by atoms with E-state index >= 15 is 0 Å². The molecule has 0 aromatic rings. The number of hydrogen-bond donors (Lipinski definition) is 1. The van der Waals surface area contributed by atoms with Crippen molar-refractivity contribution in [1.82, 2.24) is 4.90 Å². The fourth-order valence-electron chi connectivity index (χ4n) is 3.92. The molecule has 1 atom stereocenters. The summed E-state index contributed by atoms with van der Waals surface area (Å²) in [4.78, 5) is 13.6. The Hall–Kier alpha value is -0.191. The molecule has 1 rings (SSSR count). The van der Waals surface area contributed by atoms with Crippen LogP contribution in [-0.2, 0) is 0 Å². The number of amides is 1. The summed E-state index contributed by atoms with van der Waals surface area (Å²) in [6, 6.07) is 0. The van der Waals surface area contributed by atoms with Crippen molar-refractivity contribution in [3.63, 3.8) is 0 Å². The van der Waals surface area contributed by atoms with Crippen molar-refractivity contribution >= 4 is 24.5 Å². The molecule has 1 amide bonds. The monoisotopic (exact) mass is 417 g/mol. The molecule has 1 heterocycles. The minimum atomic E-state index is -2.49. The Bertz CT molecular complexity index is 335. The second-order valence-electron chi connectivity index (χ2n) is 6.83. The van der Waals surface area contributed by atoms with Crippen LogP contribution in [0, 0.1) is 0 Å². The first kappa shape index (κ1) is 19.9. The Morgan fingerprint density at radius 3 is 1.95 bits per heavy atom. The van der Waals surface area contributed by atoms with Gasteiger partial charge in [-0.05, 0) is 0 Å². The van der Waals surface area contributed by atoms with Crippen molar-refractivity contribution in [1.29, 1.82) is 0 Å². The van der Waals surface area contributed by atoms with Gasteiger partial charge in [-0.2, -0.15) is 0 Å². The van der Waals surface area contributed by atoms with Gasteiger partial charge in [0.2, 0.25) is 0 Å². The predicted octanol–water partition coefficient (Wildman–Crippen LogP) is 5.68. The maximum absolute atomic E-state index is 11.8. The van der Waals surface area contributed by atoms with Crippen molar-refractivity contribution in [3.8, 4) is 0 Å². The minimum absolute atomic E-state index is 0.376. The average molecular weight is 416 g/mol. The molecule has 128 valence electrons. The van der Waals surface area contributed by atoms with Crippen LogP contribution in [0.5, 0.6) is 0 Å². The van der Waals surface area contributed by atoms with Crippen LogP contribution in [-0.4, -0.2) is 45.1 Å². The zero-order chi connectivity index (χ0) is 16.4. The predicted molar refractivity (Wildman–Crippen MR) is 97.2 cm³/mol. The summed E-state index contributed by atoms with van der Waals surface area (Å²) in [5, 5.41) is 9.67. The summed E-state index contributed by atoms with van der Waals surface area (Å²) >= 11 is -2.49. The molecular weight excluding hydrogens is 381 g/mol. The molecule has 4 heteroatoms. The third-order valence-corrected chi connectivity index (χ3v) is 22.4. The Balaban J connectivity index is 3.05. The summed E-state index contributed by atoms with van der Waals surface area (Å²) in [6.07, 6.45) is 12.2. The van der Waals surface area contributed by atoms with Crippen LogP contribution in [0.2, 0.25) is 13.3 Å².